The van der Waals surface area contributed by atoms with E-state index >= 15 is 0 Å². The summed E-state index contributed by atoms with van der Waals surface area (Å²) >= 11 is 0. The van der Waals surface area contributed by atoms with Gasteiger partial charge in [-0.15, -0.1) is 0 Å². The molecule has 1 fully saturated rings. The van der Waals surface area contributed by atoms with Crippen molar-refractivity contribution >= 4 is 0 Å². The van der Waals surface area contributed by atoms with Crippen molar-refractivity contribution in [1.82, 2.24) is 14.8 Å². The van der Waals surface area contributed by atoms with Gasteiger partial charge in [-0.3, -0.25) is 0 Å². The summed E-state index contributed by atoms with van der Waals surface area (Å²) < 4.78 is 0. The highest BCUT2D eigenvalue weighted by molar-refractivity contribution is 5.08. The Hall–Kier alpha value is -0.840. The van der Waals surface area contributed by atoms with Crippen LogP contribution < -0.4 is 5.73 Å². The van der Waals surface area contributed by atoms with E-state index in [0.717, 1.165) is 32.0 Å². The van der Waals surface area contributed by atoms with Crippen LogP contribution in [-0.4, -0.2) is 61.1 Å². The first-order valence-corrected chi connectivity index (χ1v) is 7.50. The minimum absolute atomic E-state index is 0.793. The van der Waals surface area contributed by atoms with Crippen molar-refractivity contribution in [3.05, 3.63) is 24.0 Å². The normalized spacial score (nSPS) is 18.3. The van der Waals surface area contributed by atoms with Crippen LogP contribution in [0.1, 0.15) is 18.4 Å². The lowest BCUT2D eigenvalue weighted by Gasteiger charge is -2.33. The number of nitrogens with one attached hydrogen (secondary N) is 1. The predicted molar refractivity (Wildman–Crippen MR) is 80.2 cm³/mol. The Bertz CT molecular complexity index is 328. The zero-order valence-electron chi connectivity index (χ0n) is 12.1. The molecule has 0 amide bonds. The van der Waals surface area contributed by atoms with Crippen LogP contribution in [0.4, 0.5) is 0 Å². The van der Waals surface area contributed by atoms with Crippen molar-refractivity contribution < 1.29 is 0 Å². The highest BCUT2D eigenvalue weighted by Gasteiger charge is 2.19. The molecule has 19 heavy (non-hydrogen) atoms. The third-order valence-corrected chi connectivity index (χ3v) is 4.17. The number of H-pyrrole nitrogens is 1. The van der Waals surface area contributed by atoms with Gasteiger partial charge in [0.05, 0.1) is 0 Å². The predicted octanol–water partition coefficient (Wildman–Crippen LogP) is 1.16. The van der Waals surface area contributed by atoms with E-state index in [4.69, 9.17) is 5.73 Å². The number of aromatic nitrogens is 1. The number of hydrogen-bond donors (Lipinski definition) is 2. The molecule has 0 saturated carbocycles. The summed E-state index contributed by atoms with van der Waals surface area (Å²) in [6.45, 7) is 6.71. The molecule has 2 rings (SSSR count). The first-order valence-electron chi connectivity index (χ1n) is 7.50. The molecule has 4 heteroatoms. The number of hydrogen-bond acceptors (Lipinski definition) is 3. The Morgan fingerprint density at radius 2 is 2.21 bits per heavy atom. The zero-order valence-corrected chi connectivity index (χ0v) is 12.1. The van der Waals surface area contributed by atoms with Crippen LogP contribution in [-0.2, 0) is 6.42 Å². The molecule has 4 nitrogen and oxygen atoms in total. The highest BCUT2D eigenvalue weighted by atomic mass is 15.1. The molecule has 1 aliphatic heterocycles. The van der Waals surface area contributed by atoms with E-state index in [1.165, 1.54) is 38.0 Å². The van der Waals surface area contributed by atoms with Crippen molar-refractivity contribution in [3.63, 3.8) is 0 Å². The molecule has 3 N–H and O–H groups in total. The van der Waals surface area contributed by atoms with Crippen molar-refractivity contribution in [2.24, 2.45) is 11.7 Å². The lowest BCUT2D eigenvalue weighted by molar-refractivity contribution is 0.158. The van der Waals surface area contributed by atoms with Gasteiger partial charge >= 0.3 is 0 Å². The largest absolute Gasteiger partial charge is 0.367 e. The number of likely N-dealkylation sites (N-methyl/N-ethyl adjacent to an activating group) is 1. The lowest BCUT2D eigenvalue weighted by atomic mass is 9.96. The van der Waals surface area contributed by atoms with Gasteiger partial charge in [-0.1, -0.05) is 0 Å². The maximum absolute atomic E-state index is 5.61. The Kier molecular flexibility index (Phi) is 5.89. The van der Waals surface area contributed by atoms with Crippen LogP contribution >= 0.6 is 0 Å². The van der Waals surface area contributed by atoms with Gasteiger partial charge in [0.2, 0.25) is 0 Å². The number of piperidine rings is 1. The van der Waals surface area contributed by atoms with Gasteiger partial charge in [0, 0.05) is 38.6 Å². The van der Waals surface area contributed by atoms with E-state index in [9.17, 15) is 0 Å². The molecule has 108 valence electrons. The zero-order chi connectivity index (χ0) is 13.5. The Labute approximate surface area is 117 Å². The Balaban J connectivity index is 1.62. The molecule has 2 heterocycles. The van der Waals surface area contributed by atoms with E-state index in [0.29, 0.717) is 0 Å². The van der Waals surface area contributed by atoms with Crippen molar-refractivity contribution in [2.45, 2.75) is 19.3 Å². The lowest BCUT2D eigenvalue weighted by Crippen LogP contribution is -2.40. The number of rotatable bonds is 7. The molecule has 1 saturated heterocycles. The topological polar surface area (TPSA) is 48.3 Å². The average molecular weight is 264 g/mol. The molecular weight excluding hydrogens is 236 g/mol. The molecule has 1 aromatic rings. The number of likely N-dealkylation sites (tertiary alicyclic amines) is 1. The fourth-order valence-electron chi connectivity index (χ4n) is 2.94. The standard InChI is InChI=1S/C15H28N4/c1-18(8-3-14-2-7-17-12-14)13-15-4-9-19(10-5-15)11-6-16/h2,7,12,15,17H,3-6,8-11,13,16H2,1H3. The third-order valence-electron chi connectivity index (χ3n) is 4.17. The summed E-state index contributed by atoms with van der Waals surface area (Å²) in [4.78, 5) is 8.10. The van der Waals surface area contributed by atoms with Crippen LogP contribution in [0.3, 0.4) is 0 Å². The monoisotopic (exact) mass is 264 g/mol. The van der Waals surface area contributed by atoms with Crippen molar-refractivity contribution in [1.29, 1.82) is 0 Å². The van der Waals surface area contributed by atoms with Gasteiger partial charge < -0.3 is 20.5 Å². The van der Waals surface area contributed by atoms with Gasteiger partial charge in [-0.05, 0) is 56.9 Å². The van der Waals surface area contributed by atoms with Crippen LogP contribution in [0.25, 0.3) is 0 Å². The summed E-state index contributed by atoms with van der Waals surface area (Å²) in [5, 5.41) is 0. The van der Waals surface area contributed by atoms with E-state index in [1.54, 1.807) is 0 Å². The highest BCUT2D eigenvalue weighted by Crippen LogP contribution is 2.17. The van der Waals surface area contributed by atoms with Gasteiger partial charge in [0.15, 0.2) is 0 Å². The van der Waals surface area contributed by atoms with Crippen LogP contribution in [0.15, 0.2) is 18.5 Å². The van der Waals surface area contributed by atoms with Gasteiger partial charge in [0.25, 0.3) is 0 Å². The fourth-order valence-corrected chi connectivity index (χ4v) is 2.94. The molecule has 0 radical (unpaired) electrons. The van der Waals surface area contributed by atoms with Crippen LogP contribution in [0, 0.1) is 5.92 Å². The van der Waals surface area contributed by atoms with E-state index < -0.39 is 0 Å². The maximum atomic E-state index is 5.61. The fraction of sp³-hybridized carbons (Fsp3) is 0.733. The summed E-state index contributed by atoms with van der Waals surface area (Å²) in [6, 6.07) is 2.17. The summed E-state index contributed by atoms with van der Waals surface area (Å²) in [7, 11) is 2.25. The van der Waals surface area contributed by atoms with Gasteiger partial charge in [0.1, 0.15) is 0 Å². The van der Waals surface area contributed by atoms with Gasteiger partial charge in [-0.25, -0.2) is 0 Å². The smallest absolute Gasteiger partial charge is 0.0105 e. The Morgan fingerprint density at radius 1 is 1.42 bits per heavy atom. The summed E-state index contributed by atoms with van der Waals surface area (Å²) in [6.07, 6.45) is 7.90. The average Bonchev–Trinajstić information content (AvgIpc) is 2.92. The third kappa shape index (κ3) is 4.97. The SMILES string of the molecule is CN(CCc1cc[nH]c1)CC1CCN(CCN)CC1. The molecule has 0 atom stereocenters. The number of nitrogens with two attached hydrogens (primary N) is 1. The molecular formula is C15H28N4. The van der Waals surface area contributed by atoms with Crippen molar-refractivity contribution in [2.75, 3.05) is 46.3 Å². The van der Waals surface area contributed by atoms with E-state index in [1.807, 2.05) is 6.20 Å². The molecule has 1 aromatic heterocycles. The molecule has 1 aliphatic rings. The summed E-state index contributed by atoms with van der Waals surface area (Å²) in [5.41, 5.74) is 7.02. The maximum Gasteiger partial charge on any atom is 0.0105 e. The molecule has 0 spiro atoms. The second-order valence-corrected chi connectivity index (χ2v) is 5.81. The van der Waals surface area contributed by atoms with Gasteiger partial charge in [-0.2, -0.15) is 0 Å². The van der Waals surface area contributed by atoms with Crippen LogP contribution in [0.5, 0.6) is 0 Å². The molecule has 0 unspecified atom stereocenters. The minimum Gasteiger partial charge on any atom is -0.367 e. The first-order chi connectivity index (χ1) is 9.28. The first kappa shape index (κ1) is 14.6. The Morgan fingerprint density at radius 3 is 2.84 bits per heavy atom. The molecule has 0 bridgehead atoms. The number of aromatic amines is 1. The second kappa shape index (κ2) is 7.68. The van der Waals surface area contributed by atoms with E-state index in [-0.39, 0.29) is 0 Å². The minimum atomic E-state index is 0.793. The van der Waals surface area contributed by atoms with Crippen LogP contribution in [0.2, 0.25) is 0 Å². The summed E-state index contributed by atoms with van der Waals surface area (Å²) in [5.74, 6) is 0.866. The van der Waals surface area contributed by atoms with Crippen molar-refractivity contribution in [3.8, 4) is 0 Å². The van der Waals surface area contributed by atoms with E-state index in [2.05, 4.69) is 34.1 Å². The number of nitrogens with zero attached hydrogens (tertiary/aromatic N) is 2. The molecule has 0 aromatic carbocycles. The quantitative estimate of drug-likeness (QED) is 0.777. The molecule has 0 aliphatic carbocycles. The second-order valence-electron chi connectivity index (χ2n) is 5.81.